The van der Waals surface area contributed by atoms with Crippen molar-refractivity contribution in [2.24, 2.45) is 0 Å². The molecular formula is C12H15N3O2. The Bertz CT molecular complexity index is 491. The minimum Gasteiger partial charge on any atom is -0.480 e. The number of carbonyl (C=O) groups is 1. The van der Waals surface area contributed by atoms with Gasteiger partial charge in [-0.25, -0.2) is 4.79 Å². The molecule has 0 aliphatic rings. The van der Waals surface area contributed by atoms with Crippen LogP contribution in [0, 0.1) is 25.2 Å². The van der Waals surface area contributed by atoms with E-state index in [0.717, 1.165) is 5.69 Å². The molecule has 1 aromatic heterocycles. The number of aromatic nitrogens is 1. The first-order valence-corrected chi connectivity index (χ1v) is 5.22. The van der Waals surface area contributed by atoms with Gasteiger partial charge in [0.25, 0.3) is 0 Å². The Labute approximate surface area is 100 Å². The van der Waals surface area contributed by atoms with Crippen LogP contribution in [0.4, 0.5) is 5.69 Å². The number of aryl methyl sites for hydroxylation is 2. The molecule has 0 aromatic carbocycles. The van der Waals surface area contributed by atoms with E-state index in [2.05, 4.69) is 11.1 Å². The minimum absolute atomic E-state index is 0.422. The molecule has 0 bridgehead atoms. The summed E-state index contributed by atoms with van der Waals surface area (Å²) in [6.45, 7) is 5.14. The van der Waals surface area contributed by atoms with Crippen LogP contribution in [-0.4, -0.2) is 29.1 Å². The number of pyridine rings is 1. The quantitative estimate of drug-likeness (QED) is 0.855. The Morgan fingerprint density at radius 2 is 2.18 bits per heavy atom. The topological polar surface area (TPSA) is 77.2 Å². The van der Waals surface area contributed by atoms with E-state index < -0.39 is 12.0 Å². The summed E-state index contributed by atoms with van der Waals surface area (Å²) in [6.07, 6.45) is 0. The SMILES string of the molecule is Cc1cc(N(C)C(C)C(=O)O)c(C#N)c(C)n1. The molecule has 1 unspecified atom stereocenters. The molecule has 0 saturated heterocycles. The summed E-state index contributed by atoms with van der Waals surface area (Å²) in [7, 11) is 1.66. The second-order valence-electron chi connectivity index (χ2n) is 3.98. The third-order valence-electron chi connectivity index (χ3n) is 2.74. The molecule has 17 heavy (non-hydrogen) atoms. The van der Waals surface area contributed by atoms with Crippen LogP contribution < -0.4 is 4.90 Å². The van der Waals surface area contributed by atoms with Gasteiger partial charge in [-0.15, -0.1) is 0 Å². The van der Waals surface area contributed by atoms with Gasteiger partial charge in [0.2, 0.25) is 0 Å². The first kappa shape index (κ1) is 13.0. The zero-order valence-corrected chi connectivity index (χ0v) is 10.4. The third kappa shape index (κ3) is 2.53. The molecule has 5 nitrogen and oxygen atoms in total. The van der Waals surface area contributed by atoms with Gasteiger partial charge in [0.15, 0.2) is 0 Å². The number of hydrogen-bond acceptors (Lipinski definition) is 4. The van der Waals surface area contributed by atoms with Gasteiger partial charge < -0.3 is 10.0 Å². The van der Waals surface area contributed by atoms with Crippen molar-refractivity contribution >= 4 is 11.7 Å². The van der Waals surface area contributed by atoms with Gasteiger partial charge in [-0.3, -0.25) is 4.98 Å². The molecule has 0 saturated carbocycles. The lowest BCUT2D eigenvalue weighted by Crippen LogP contribution is -2.36. The van der Waals surface area contributed by atoms with Crippen molar-refractivity contribution in [3.63, 3.8) is 0 Å². The molecule has 1 heterocycles. The summed E-state index contributed by atoms with van der Waals surface area (Å²) < 4.78 is 0. The van der Waals surface area contributed by atoms with Crippen molar-refractivity contribution in [2.45, 2.75) is 26.8 Å². The largest absolute Gasteiger partial charge is 0.480 e. The highest BCUT2D eigenvalue weighted by Crippen LogP contribution is 2.23. The highest BCUT2D eigenvalue weighted by molar-refractivity contribution is 5.78. The molecule has 1 N–H and O–H groups in total. The van der Waals surface area contributed by atoms with Crippen molar-refractivity contribution in [1.82, 2.24) is 4.98 Å². The van der Waals surface area contributed by atoms with Gasteiger partial charge in [0.1, 0.15) is 12.1 Å². The van der Waals surface area contributed by atoms with E-state index in [9.17, 15) is 4.79 Å². The summed E-state index contributed by atoms with van der Waals surface area (Å²) in [5.74, 6) is -0.927. The van der Waals surface area contributed by atoms with E-state index in [0.29, 0.717) is 16.9 Å². The number of nitriles is 1. The maximum Gasteiger partial charge on any atom is 0.326 e. The zero-order chi connectivity index (χ0) is 13.2. The first-order chi connectivity index (χ1) is 7.88. The van der Waals surface area contributed by atoms with Crippen LogP contribution in [0.15, 0.2) is 6.07 Å². The smallest absolute Gasteiger partial charge is 0.326 e. The normalized spacial score (nSPS) is 11.7. The molecular weight excluding hydrogens is 218 g/mol. The van der Waals surface area contributed by atoms with Crippen LogP contribution in [0.1, 0.15) is 23.9 Å². The van der Waals surface area contributed by atoms with Crippen LogP contribution >= 0.6 is 0 Å². The Morgan fingerprint density at radius 3 is 2.65 bits per heavy atom. The number of aliphatic carboxylic acids is 1. The molecule has 0 aliphatic heterocycles. The molecule has 1 atom stereocenters. The number of hydrogen-bond donors (Lipinski definition) is 1. The summed E-state index contributed by atoms with van der Waals surface area (Å²) in [5, 5.41) is 18.1. The molecule has 1 rings (SSSR count). The van der Waals surface area contributed by atoms with Gasteiger partial charge in [-0.05, 0) is 26.8 Å². The monoisotopic (exact) mass is 233 g/mol. The Kier molecular flexibility index (Phi) is 3.69. The summed E-state index contributed by atoms with van der Waals surface area (Å²) >= 11 is 0. The number of carboxylic acid groups (broad SMARTS) is 1. The minimum atomic E-state index is -0.927. The van der Waals surface area contributed by atoms with Crippen LogP contribution in [0.2, 0.25) is 0 Å². The van der Waals surface area contributed by atoms with Crippen molar-refractivity contribution in [3.05, 3.63) is 23.0 Å². The van der Waals surface area contributed by atoms with Gasteiger partial charge in [0.05, 0.1) is 16.9 Å². The lowest BCUT2D eigenvalue weighted by molar-refractivity contribution is -0.138. The predicted molar refractivity (Wildman–Crippen MR) is 63.9 cm³/mol. The van der Waals surface area contributed by atoms with Crippen molar-refractivity contribution in [2.75, 3.05) is 11.9 Å². The van der Waals surface area contributed by atoms with Crippen LogP contribution in [0.3, 0.4) is 0 Å². The molecule has 1 aromatic rings. The maximum atomic E-state index is 10.9. The van der Waals surface area contributed by atoms with Crippen molar-refractivity contribution in [3.8, 4) is 6.07 Å². The summed E-state index contributed by atoms with van der Waals surface area (Å²) in [5.41, 5.74) is 2.41. The average molecular weight is 233 g/mol. The van der Waals surface area contributed by atoms with Crippen molar-refractivity contribution < 1.29 is 9.90 Å². The number of nitrogens with zero attached hydrogens (tertiary/aromatic N) is 3. The van der Waals surface area contributed by atoms with Gasteiger partial charge in [-0.1, -0.05) is 0 Å². The van der Waals surface area contributed by atoms with E-state index in [1.54, 1.807) is 31.9 Å². The van der Waals surface area contributed by atoms with Crippen LogP contribution in [-0.2, 0) is 4.79 Å². The fourth-order valence-electron chi connectivity index (χ4n) is 1.60. The zero-order valence-electron chi connectivity index (χ0n) is 10.4. The second-order valence-corrected chi connectivity index (χ2v) is 3.98. The van der Waals surface area contributed by atoms with Crippen LogP contribution in [0.25, 0.3) is 0 Å². The highest BCUT2D eigenvalue weighted by Gasteiger charge is 2.21. The molecule has 0 fully saturated rings. The summed E-state index contributed by atoms with van der Waals surface area (Å²) in [4.78, 5) is 16.7. The molecule has 0 amide bonds. The molecule has 0 aliphatic carbocycles. The fourth-order valence-corrected chi connectivity index (χ4v) is 1.60. The summed E-state index contributed by atoms with van der Waals surface area (Å²) in [6, 6.07) is 3.10. The number of rotatable bonds is 3. The number of carboxylic acids is 1. The lowest BCUT2D eigenvalue weighted by Gasteiger charge is -2.25. The van der Waals surface area contributed by atoms with Gasteiger partial charge in [-0.2, -0.15) is 5.26 Å². The Morgan fingerprint density at radius 1 is 1.59 bits per heavy atom. The number of likely N-dealkylation sites (N-methyl/N-ethyl adjacent to an activating group) is 1. The average Bonchev–Trinajstić information content (AvgIpc) is 2.25. The standard InChI is InChI=1S/C12H15N3O2/c1-7-5-11(10(6-13)8(2)14-7)15(4)9(3)12(16)17/h5,9H,1-4H3,(H,16,17). The molecule has 90 valence electrons. The first-order valence-electron chi connectivity index (χ1n) is 5.22. The van der Waals surface area contributed by atoms with Gasteiger partial charge in [0, 0.05) is 12.7 Å². The Hall–Kier alpha value is -2.09. The van der Waals surface area contributed by atoms with Crippen LogP contribution in [0.5, 0.6) is 0 Å². The lowest BCUT2D eigenvalue weighted by atomic mass is 10.1. The molecule has 0 spiro atoms. The van der Waals surface area contributed by atoms with E-state index in [1.807, 2.05) is 6.92 Å². The number of anilines is 1. The van der Waals surface area contributed by atoms with E-state index in [1.165, 1.54) is 0 Å². The van der Waals surface area contributed by atoms with E-state index in [4.69, 9.17) is 10.4 Å². The maximum absolute atomic E-state index is 10.9. The van der Waals surface area contributed by atoms with E-state index >= 15 is 0 Å². The fraction of sp³-hybridized carbons (Fsp3) is 0.417. The molecule has 5 heteroatoms. The molecule has 0 radical (unpaired) electrons. The predicted octanol–water partition coefficient (Wildman–Crippen LogP) is 1.48. The van der Waals surface area contributed by atoms with Gasteiger partial charge >= 0.3 is 5.97 Å². The third-order valence-corrected chi connectivity index (χ3v) is 2.74. The van der Waals surface area contributed by atoms with Crippen molar-refractivity contribution in [1.29, 1.82) is 5.26 Å². The van der Waals surface area contributed by atoms with E-state index in [-0.39, 0.29) is 0 Å². The second kappa shape index (κ2) is 4.83. The Balaban J connectivity index is 3.31. The highest BCUT2D eigenvalue weighted by atomic mass is 16.4.